The van der Waals surface area contributed by atoms with Crippen molar-refractivity contribution in [3.05, 3.63) is 54.4 Å². The normalized spacial score (nSPS) is 11.8. The van der Waals surface area contributed by atoms with Gasteiger partial charge in [-0.3, -0.25) is 9.78 Å². The van der Waals surface area contributed by atoms with E-state index in [0.29, 0.717) is 17.6 Å². The molecule has 0 saturated carbocycles. The van der Waals surface area contributed by atoms with Gasteiger partial charge in [0.15, 0.2) is 5.96 Å². The third kappa shape index (κ3) is 9.12. The van der Waals surface area contributed by atoms with E-state index < -0.39 is 0 Å². The number of guanidine groups is 1. The zero-order valence-corrected chi connectivity index (χ0v) is 19.5. The molecule has 1 aromatic carbocycles. The lowest BCUT2D eigenvalue weighted by molar-refractivity contribution is -0.114. The minimum atomic E-state index is -0.184. The van der Waals surface area contributed by atoms with Crippen LogP contribution in [0.15, 0.2) is 53.8 Å². The van der Waals surface area contributed by atoms with Gasteiger partial charge in [-0.05, 0) is 49.1 Å². The van der Waals surface area contributed by atoms with E-state index in [4.69, 9.17) is 4.74 Å². The van der Waals surface area contributed by atoms with Crippen molar-refractivity contribution in [2.45, 2.75) is 26.2 Å². The quantitative estimate of drug-likeness (QED) is 0.273. The number of anilines is 1. The Kier molecular flexibility index (Phi) is 11.7. The fourth-order valence-electron chi connectivity index (χ4n) is 2.64. The van der Waals surface area contributed by atoms with Crippen LogP contribution in [0.25, 0.3) is 0 Å². The van der Waals surface area contributed by atoms with Gasteiger partial charge < -0.3 is 20.7 Å². The largest absolute Gasteiger partial charge is 0.497 e. The molecular formula is C21H30IN5O2. The lowest BCUT2D eigenvalue weighted by Crippen LogP contribution is -2.38. The van der Waals surface area contributed by atoms with Crippen molar-refractivity contribution in [2.24, 2.45) is 4.99 Å². The summed E-state index contributed by atoms with van der Waals surface area (Å²) in [4.78, 5) is 20.3. The Bertz CT molecular complexity index is 753. The Morgan fingerprint density at radius 1 is 1.21 bits per heavy atom. The van der Waals surface area contributed by atoms with Crippen LogP contribution in [0.3, 0.4) is 0 Å². The van der Waals surface area contributed by atoms with E-state index >= 15 is 0 Å². The van der Waals surface area contributed by atoms with Crippen LogP contribution in [-0.2, 0) is 4.79 Å². The number of carbonyl (C=O) groups is 1. The molecule has 1 aromatic heterocycles. The van der Waals surface area contributed by atoms with Crippen LogP contribution in [0.1, 0.15) is 31.7 Å². The van der Waals surface area contributed by atoms with Gasteiger partial charge in [-0.2, -0.15) is 0 Å². The van der Waals surface area contributed by atoms with Crippen molar-refractivity contribution < 1.29 is 9.53 Å². The predicted octanol–water partition coefficient (Wildman–Crippen LogP) is 3.40. The molecule has 2 aromatic rings. The van der Waals surface area contributed by atoms with Crippen molar-refractivity contribution >= 4 is 41.5 Å². The second kappa shape index (κ2) is 13.8. The SMILES string of the molecule is CCNC(=NCC(=O)Nc1cccnc1)NCCC(C)c1ccc(OC)cc1.I. The van der Waals surface area contributed by atoms with E-state index in [1.807, 2.05) is 19.1 Å². The molecule has 7 nitrogen and oxygen atoms in total. The van der Waals surface area contributed by atoms with Gasteiger partial charge in [0.25, 0.3) is 0 Å². The van der Waals surface area contributed by atoms with Crippen LogP contribution in [0.4, 0.5) is 5.69 Å². The summed E-state index contributed by atoms with van der Waals surface area (Å²) in [6.07, 6.45) is 4.21. The lowest BCUT2D eigenvalue weighted by Gasteiger charge is -2.15. The summed E-state index contributed by atoms with van der Waals surface area (Å²) in [5, 5.41) is 9.22. The highest BCUT2D eigenvalue weighted by Gasteiger charge is 2.07. The average Bonchev–Trinajstić information content (AvgIpc) is 2.72. The maximum absolute atomic E-state index is 12.0. The Balaban J connectivity index is 0.00000420. The number of nitrogens with one attached hydrogen (secondary N) is 3. The molecule has 1 unspecified atom stereocenters. The molecule has 2 rings (SSSR count). The molecule has 0 aliphatic heterocycles. The molecule has 1 atom stereocenters. The Labute approximate surface area is 189 Å². The number of rotatable bonds is 9. The molecule has 3 N–H and O–H groups in total. The first kappa shape index (κ1) is 24.7. The van der Waals surface area contributed by atoms with Crippen molar-refractivity contribution in [1.82, 2.24) is 15.6 Å². The van der Waals surface area contributed by atoms with Gasteiger partial charge in [0.2, 0.25) is 5.91 Å². The fourth-order valence-corrected chi connectivity index (χ4v) is 2.64. The van der Waals surface area contributed by atoms with Crippen molar-refractivity contribution in [1.29, 1.82) is 0 Å². The van der Waals surface area contributed by atoms with Gasteiger partial charge in [0.1, 0.15) is 12.3 Å². The van der Waals surface area contributed by atoms with E-state index in [2.05, 4.69) is 45.0 Å². The third-order valence-electron chi connectivity index (χ3n) is 4.22. The summed E-state index contributed by atoms with van der Waals surface area (Å²) in [6.45, 7) is 5.70. The zero-order valence-electron chi connectivity index (χ0n) is 17.1. The summed E-state index contributed by atoms with van der Waals surface area (Å²) in [5.41, 5.74) is 1.93. The van der Waals surface area contributed by atoms with Crippen LogP contribution in [0, 0.1) is 0 Å². The minimum absolute atomic E-state index is 0. The topological polar surface area (TPSA) is 87.6 Å². The molecule has 0 aliphatic rings. The highest BCUT2D eigenvalue weighted by Crippen LogP contribution is 2.21. The fraction of sp³-hybridized carbons (Fsp3) is 0.381. The van der Waals surface area contributed by atoms with E-state index in [1.54, 1.807) is 31.6 Å². The van der Waals surface area contributed by atoms with Crippen LogP contribution < -0.4 is 20.7 Å². The predicted molar refractivity (Wildman–Crippen MR) is 128 cm³/mol. The van der Waals surface area contributed by atoms with Crippen molar-refractivity contribution in [2.75, 3.05) is 32.1 Å². The maximum Gasteiger partial charge on any atom is 0.246 e. The molecule has 0 saturated heterocycles. The summed E-state index contributed by atoms with van der Waals surface area (Å²) >= 11 is 0. The molecule has 0 aliphatic carbocycles. The lowest BCUT2D eigenvalue weighted by atomic mass is 9.98. The minimum Gasteiger partial charge on any atom is -0.497 e. The monoisotopic (exact) mass is 511 g/mol. The van der Waals surface area contributed by atoms with E-state index in [9.17, 15) is 4.79 Å². The Hall–Kier alpha value is -2.36. The number of aliphatic imine (C=N–C) groups is 1. The summed E-state index contributed by atoms with van der Waals surface area (Å²) in [5.74, 6) is 1.71. The molecule has 1 heterocycles. The standard InChI is InChI=1S/C21H29N5O2.HI/c1-4-23-21(25-15-20(27)26-18-6-5-12-22-14-18)24-13-11-16(2)17-7-9-19(28-3)10-8-17;/h5-10,12,14,16H,4,11,13,15H2,1-3H3,(H,26,27)(H2,23,24,25);1H. The number of aromatic nitrogens is 1. The number of nitrogens with zero attached hydrogens (tertiary/aromatic N) is 2. The molecular weight excluding hydrogens is 481 g/mol. The van der Waals surface area contributed by atoms with Gasteiger partial charge in [0.05, 0.1) is 19.0 Å². The summed E-state index contributed by atoms with van der Waals surface area (Å²) in [7, 11) is 1.67. The van der Waals surface area contributed by atoms with Crippen molar-refractivity contribution in [3.63, 3.8) is 0 Å². The van der Waals surface area contributed by atoms with Crippen LogP contribution in [0.5, 0.6) is 5.75 Å². The average molecular weight is 511 g/mol. The number of benzene rings is 1. The number of hydrogen-bond acceptors (Lipinski definition) is 4. The number of halogens is 1. The van der Waals surface area contributed by atoms with Gasteiger partial charge in [-0.25, -0.2) is 4.99 Å². The summed E-state index contributed by atoms with van der Waals surface area (Å²) < 4.78 is 5.20. The molecule has 29 heavy (non-hydrogen) atoms. The summed E-state index contributed by atoms with van der Waals surface area (Å²) in [6, 6.07) is 11.7. The van der Waals surface area contributed by atoms with E-state index in [1.165, 1.54) is 5.56 Å². The molecule has 8 heteroatoms. The molecule has 1 amide bonds. The second-order valence-corrected chi connectivity index (χ2v) is 6.37. The highest BCUT2D eigenvalue weighted by molar-refractivity contribution is 14.0. The smallest absolute Gasteiger partial charge is 0.246 e. The molecule has 0 fully saturated rings. The molecule has 0 bridgehead atoms. The van der Waals surface area contributed by atoms with Crippen LogP contribution in [-0.4, -0.2) is 43.6 Å². The van der Waals surface area contributed by atoms with Crippen LogP contribution >= 0.6 is 24.0 Å². The van der Waals surface area contributed by atoms with E-state index in [0.717, 1.165) is 25.3 Å². The number of hydrogen-bond donors (Lipinski definition) is 3. The Morgan fingerprint density at radius 2 is 1.97 bits per heavy atom. The maximum atomic E-state index is 12.0. The van der Waals surface area contributed by atoms with E-state index in [-0.39, 0.29) is 36.4 Å². The first-order valence-corrected chi connectivity index (χ1v) is 9.48. The third-order valence-corrected chi connectivity index (χ3v) is 4.22. The Morgan fingerprint density at radius 3 is 2.59 bits per heavy atom. The first-order valence-electron chi connectivity index (χ1n) is 9.48. The van der Waals surface area contributed by atoms with Crippen molar-refractivity contribution in [3.8, 4) is 5.75 Å². The van der Waals surface area contributed by atoms with Gasteiger partial charge >= 0.3 is 0 Å². The number of methoxy groups -OCH3 is 1. The van der Waals surface area contributed by atoms with Crippen LogP contribution in [0.2, 0.25) is 0 Å². The number of pyridine rings is 1. The number of amides is 1. The highest BCUT2D eigenvalue weighted by atomic mass is 127. The molecule has 158 valence electrons. The molecule has 0 radical (unpaired) electrons. The van der Waals surface area contributed by atoms with Gasteiger partial charge in [-0.15, -0.1) is 24.0 Å². The van der Waals surface area contributed by atoms with Gasteiger partial charge in [0, 0.05) is 19.3 Å². The molecule has 0 spiro atoms. The second-order valence-electron chi connectivity index (χ2n) is 6.37. The van der Waals surface area contributed by atoms with Gasteiger partial charge in [-0.1, -0.05) is 19.1 Å². The first-order chi connectivity index (χ1) is 13.6. The number of carbonyl (C=O) groups excluding carboxylic acids is 1. The number of ether oxygens (including phenoxy) is 1. The zero-order chi connectivity index (χ0) is 20.2.